The second kappa shape index (κ2) is 2.81. The topological polar surface area (TPSA) is 43.1 Å². The van der Waals surface area contributed by atoms with Crippen LogP contribution in [0.4, 0.5) is 13.2 Å². The monoisotopic (exact) mass is 222 g/mol. The van der Waals surface area contributed by atoms with Crippen molar-refractivity contribution in [1.29, 1.82) is 0 Å². The third kappa shape index (κ3) is 1.39. The van der Waals surface area contributed by atoms with Crippen molar-refractivity contribution in [1.82, 2.24) is 19.6 Å². The van der Waals surface area contributed by atoms with Gasteiger partial charge in [-0.15, -0.1) is 10.2 Å². The summed E-state index contributed by atoms with van der Waals surface area (Å²) >= 11 is 5.39. The summed E-state index contributed by atoms with van der Waals surface area (Å²) in [6.07, 6.45) is -3.57. The molecular weight excluding hydrogens is 221 g/mol. The number of aromatic nitrogens is 4. The first kappa shape index (κ1) is 9.20. The zero-order chi connectivity index (χ0) is 10.3. The second-order valence-electron chi connectivity index (χ2n) is 2.46. The lowest BCUT2D eigenvalue weighted by Crippen LogP contribution is -2.11. The van der Waals surface area contributed by atoms with Crippen LogP contribution in [0.5, 0.6) is 0 Å². The minimum absolute atomic E-state index is 0.176. The molecule has 0 radical (unpaired) electrons. The van der Waals surface area contributed by atoms with E-state index in [0.717, 1.165) is 16.8 Å². The van der Waals surface area contributed by atoms with Crippen molar-refractivity contribution >= 4 is 17.4 Å². The zero-order valence-corrected chi connectivity index (χ0v) is 7.21. The highest BCUT2D eigenvalue weighted by Gasteiger charge is 2.34. The molecule has 0 unspecified atom stereocenters. The van der Waals surface area contributed by atoms with Crippen molar-refractivity contribution in [2.24, 2.45) is 0 Å². The van der Waals surface area contributed by atoms with E-state index in [2.05, 4.69) is 15.2 Å². The van der Waals surface area contributed by atoms with Gasteiger partial charge in [0.2, 0.25) is 0 Å². The number of fused-ring (bicyclic) bond motifs is 1. The van der Waals surface area contributed by atoms with Crippen LogP contribution in [0.25, 0.3) is 5.78 Å². The second-order valence-corrected chi connectivity index (χ2v) is 2.85. The molecule has 2 rings (SSSR count). The Morgan fingerprint density at radius 3 is 2.71 bits per heavy atom. The van der Waals surface area contributed by atoms with Crippen molar-refractivity contribution in [3.8, 4) is 0 Å². The van der Waals surface area contributed by atoms with Gasteiger partial charge in [-0.05, 0) is 0 Å². The highest BCUT2D eigenvalue weighted by molar-refractivity contribution is 6.29. The van der Waals surface area contributed by atoms with Gasteiger partial charge in [0.1, 0.15) is 17.2 Å². The van der Waals surface area contributed by atoms with Gasteiger partial charge in [-0.3, -0.25) is 4.40 Å². The molecule has 0 atom stereocenters. The van der Waals surface area contributed by atoms with Crippen LogP contribution in [0.1, 0.15) is 5.69 Å². The van der Waals surface area contributed by atoms with E-state index in [1.807, 2.05) is 0 Å². The minimum atomic E-state index is -4.51. The Bertz CT molecular complexity index is 477. The molecule has 8 heteroatoms. The number of nitrogens with zero attached hydrogens (tertiary/aromatic N) is 4. The maximum absolute atomic E-state index is 12.4. The predicted octanol–water partition coefficient (Wildman–Crippen LogP) is 1.80. The van der Waals surface area contributed by atoms with Crippen LogP contribution in [0.3, 0.4) is 0 Å². The van der Waals surface area contributed by atoms with Crippen molar-refractivity contribution in [3.63, 3.8) is 0 Å². The molecule has 0 aliphatic carbocycles. The maximum Gasteiger partial charge on any atom is 0.432 e. The van der Waals surface area contributed by atoms with Gasteiger partial charge < -0.3 is 0 Å². The fraction of sp³-hybridized carbons (Fsp3) is 0.167. The molecule has 0 aromatic carbocycles. The molecule has 74 valence electrons. The summed E-state index contributed by atoms with van der Waals surface area (Å²) in [5.74, 6) is -0.176. The van der Waals surface area contributed by atoms with Crippen LogP contribution in [0, 0.1) is 0 Å². The molecule has 0 bridgehead atoms. The summed E-state index contributed by atoms with van der Waals surface area (Å²) < 4.78 is 38.0. The van der Waals surface area contributed by atoms with Crippen LogP contribution in [-0.2, 0) is 6.18 Å². The molecule has 0 saturated heterocycles. The lowest BCUT2D eigenvalue weighted by molar-refractivity contribution is -0.142. The van der Waals surface area contributed by atoms with E-state index in [4.69, 9.17) is 11.6 Å². The Hall–Kier alpha value is -1.37. The van der Waals surface area contributed by atoms with E-state index in [1.165, 1.54) is 0 Å². The van der Waals surface area contributed by atoms with E-state index < -0.39 is 11.9 Å². The minimum Gasteiger partial charge on any atom is -0.261 e. The van der Waals surface area contributed by atoms with E-state index >= 15 is 0 Å². The Kier molecular flexibility index (Phi) is 1.84. The predicted molar refractivity (Wildman–Crippen MR) is 40.8 cm³/mol. The molecule has 0 spiro atoms. The normalized spacial score (nSPS) is 12.3. The molecule has 14 heavy (non-hydrogen) atoms. The quantitative estimate of drug-likeness (QED) is 0.639. The van der Waals surface area contributed by atoms with Gasteiger partial charge in [-0.1, -0.05) is 11.6 Å². The van der Waals surface area contributed by atoms with Gasteiger partial charge >= 0.3 is 6.18 Å². The zero-order valence-electron chi connectivity index (χ0n) is 6.46. The van der Waals surface area contributed by atoms with Gasteiger partial charge in [0.15, 0.2) is 0 Å². The molecule has 0 saturated carbocycles. The van der Waals surface area contributed by atoms with Crippen LogP contribution in [0.2, 0.25) is 5.15 Å². The number of halogens is 4. The largest absolute Gasteiger partial charge is 0.432 e. The number of alkyl halides is 3. The highest BCUT2D eigenvalue weighted by atomic mass is 35.5. The average Bonchev–Trinajstić information content (AvgIpc) is 2.47. The molecule has 4 nitrogen and oxygen atoms in total. The smallest absolute Gasteiger partial charge is 0.261 e. The standard InChI is InChI=1S/C6H2ClF3N4/c7-4-1-3(6(8,9)10)14-2-11-13-5(14)12-4/h1-2H. The van der Waals surface area contributed by atoms with E-state index in [1.54, 1.807) is 0 Å². The Balaban J connectivity index is 2.80. The van der Waals surface area contributed by atoms with Gasteiger partial charge in [0.25, 0.3) is 5.78 Å². The number of hydrogen-bond acceptors (Lipinski definition) is 3. The third-order valence-electron chi connectivity index (χ3n) is 1.54. The Morgan fingerprint density at radius 1 is 1.36 bits per heavy atom. The van der Waals surface area contributed by atoms with Crippen LogP contribution < -0.4 is 0 Å². The molecule has 2 aromatic rings. The maximum atomic E-state index is 12.4. The van der Waals surface area contributed by atoms with Crippen molar-refractivity contribution in [2.75, 3.05) is 0 Å². The number of rotatable bonds is 0. The molecule has 2 heterocycles. The first-order valence-electron chi connectivity index (χ1n) is 3.42. The molecule has 0 aliphatic rings. The van der Waals surface area contributed by atoms with E-state index in [9.17, 15) is 13.2 Å². The molecular formula is C6H2ClF3N4. The van der Waals surface area contributed by atoms with Crippen molar-refractivity contribution in [2.45, 2.75) is 6.18 Å². The van der Waals surface area contributed by atoms with Gasteiger partial charge in [0, 0.05) is 6.07 Å². The van der Waals surface area contributed by atoms with Crippen LogP contribution in [-0.4, -0.2) is 19.6 Å². The summed E-state index contributed by atoms with van der Waals surface area (Å²) in [6, 6.07) is 0.720. The highest BCUT2D eigenvalue weighted by Crippen LogP contribution is 2.30. The SMILES string of the molecule is FC(F)(F)c1cc(Cl)nc2nncn12. The Labute approximate surface area is 80.3 Å². The van der Waals surface area contributed by atoms with E-state index in [0.29, 0.717) is 0 Å². The Morgan fingerprint density at radius 2 is 2.07 bits per heavy atom. The first-order chi connectivity index (χ1) is 6.48. The lowest BCUT2D eigenvalue weighted by Gasteiger charge is -2.07. The fourth-order valence-electron chi connectivity index (χ4n) is 1.00. The fourth-order valence-corrected chi connectivity index (χ4v) is 1.18. The van der Waals surface area contributed by atoms with Crippen LogP contribution >= 0.6 is 11.6 Å². The molecule has 0 fully saturated rings. The number of hydrogen-bond donors (Lipinski definition) is 0. The first-order valence-corrected chi connectivity index (χ1v) is 3.80. The van der Waals surface area contributed by atoms with E-state index in [-0.39, 0.29) is 10.9 Å². The molecule has 0 N–H and O–H groups in total. The summed E-state index contributed by atoms with van der Waals surface area (Å²) in [5, 5.41) is 6.41. The third-order valence-corrected chi connectivity index (χ3v) is 1.74. The lowest BCUT2D eigenvalue weighted by atomic mass is 10.4. The van der Waals surface area contributed by atoms with Crippen molar-refractivity contribution in [3.05, 3.63) is 23.2 Å². The summed E-state index contributed by atoms with van der Waals surface area (Å²) in [5.41, 5.74) is -0.947. The van der Waals surface area contributed by atoms with Crippen molar-refractivity contribution < 1.29 is 13.2 Å². The van der Waals surface area contributed by atoms with Gasteiger partial charge in [0.05, 0.1) is 0 Å². The molecule has 0 amide bonds. The summed E-state index contributed by atoms with van der Waals surface area (Å²) in [6.45, 7) is 0. The van der Waals surface area contributed by atoms with Gasteiger partial charge in [-0.2, -0.15) is 18.2 Å². The molecule has 2 aromatic heterocycles. The summed E-state index contributed by atoms with van der Waals surface area (Å²) in [4.78, 5) is 3.56. The average molecular weight is 223 g/mol. The van der Waals surface area contributed by atoms with Gasteiger partial charge in [-0.25, -0.2) is 0 Å². The van der Waals surface area contributed by atoms with Crippen LogP contribution in [0.15, 0.2) is 12.4 Å². The summed E-state index contributed by atoms with van der Waals surface area (Å²) in [7, 11) is 0. The molecule has 0 aliphatic heterocycles.